The fourth-order valence-corrected chi connectivity index (χ4v) is 4.85. The van der Waals surface area contributed by atoms with Gasteiger partial charge in [0.25, 0.3) is 0 Å². The topological polar surface area (TPSA) is 58.6 Å². The first-order valence-electron chi connectivity index (χ1n) is 11.6. The summed E-state index contributed by atoms with van der Waals surface area (Å²) in [6, 6.07) is 26.6. The molecule has 0 fully saturated rings. The van der Waals surface area contributed by atoms with Crippen molar-refractivity contribution in [1.82, 2.24) is 5.32 Å². The number of nitrogens with one attached hydrogen (secondary N) is 1. The summed E-state index contributed by atoms with van der Waals surface area (Å²) in [7, 11) is 0. The van der Waals surface area contributed by atoms with Gasteiger partial charge >= 0.3 is 5.97 Å². The van der Waals surface area contributed by atoms with Gasteiger partial charge < -0.3 is 15.2 Å². The number of halogens is 2. The molecule has 4 nitrogen and oxygen atoms in total. The van der Waals surface area contributed by atoms with Crippen molar-refractivity contribution >= 4 is 29.1 Å². The van der Waals surface area contributed by atoms with Crippen LogP contribution >= 0.6 is 12.4 Å². The molecule has 4 aromatic carbocycles. The second kappa shape index (κ2) is 10.9. The van der Waals surface area contributed by atoms with Crippen LogP contribution < -0.4 is 10.1 Å². The summed E-state index contributed by atoms with van der Waals surface area (Å²) in [4.78, 5) is 11.2. The molecule has 0 aliphatic carbocycles. The van der Waals surface area contributed by atoms with Crippen LogP contribution in [0.4, 0.5) is 4.39 Å². The van der Waals surface area contributed by atoms with E-state index >= 15 is 0 Å². The van der Waals surface area contributed by atoms with Gasteiger partial charge in [-0.05, 0) is 59.5 Å². The fraction of sp³-hybridized carbons (Fsp3) is 0.207. The molecule has 0 saturated heterocycles. The van der Waals surface area contributed by atoms with Gasteiger partial charge in [-0.15, -0.1) is 12.4 Å². The summed E-state index contributed by atoms with van der Waals surface area (Å²) in [5.41, 5.74) is 2.69. The summed E-state index contributed by atoms with van der Waals surface area (Å²) in [5, 5.41) is 15.2. The molecule has 6 heteroatoms. The minimum absolute atomic E-state index is 0. The Morgan fingerprint density at radius 1 is 0.971 bits per heavy atom. The number of hydrogen-bond acceptors (Lipinski definition) is 3. The van der Waals surface area contributed by atoms with E-state index < -0.39 is 11.8 Å². The summed E-state index contributed by atoms with van der Waals surface area (Å²) in [5.74, 6) is -1.07. The third kappa shape index (κ3) is 5.31. The molecule has 4 aromatic rings. The zero-order valence-corrected chi connectivity index (χ0v) is 19.9. The molecule has 1 aliphatic rings. The van der Waals surface area contributed by atoms with Gasteiger partial charge in [0.2, 0.25) is 0 Å². The van der Waals surface area contributed by atoms with E-state index in [1.165, 1.54) is 22.4 Å². The standard InChI is InChI=1S/C29H26FNO3.ClH/c30-27-16-21(29(32)33)12-13-24(27)26-17-22(34-28-11-4-3-10-25(26)28)18-31-15-14-20-8-5-7-19-6-1-2-9-23(19)20;/h1-13,16,22,26,31H,14-15,17-18H2,(H,32,33);1H/t22-,26+;/m1./s1. The van der Waals surface area contributed by atoms with Crippen molar-refractivity contribution < 1.29 is 19.0 Å². The lowest BCUT2D eigenvalue weighted by molar-refractivity contribution is 0.0696. The second-order valence-corrected chi connectivity index (χ2v) is 8.70. The number of aromatic carboxylic acids is 1. The quantitative estimate of drug-likeness (QED) is 0.301. The van der Waals surface area contributed by atoms with E-state index in [1.54, 1.807) is 6.07 Å². The summed E-state index contributed by atoms with van der Waals surface area (Å²) < 4.78 is 21.1. The van der Waals surface area contributed by atoms with Crippen LogP contribution in [0.25, 0.3) is 10.8 Å². The van der Waals surface area contributed by atoms with Gasteiger partial charge in [0, 0.05) is 18.0 Å². The van der Waals surface area contributed by atoms with Gasteiger partial charge in [-0.1, -0.05) is 66.7 Å². The SMILES string of the molecule is Cl.O=C(O)c1ccc([C@@H]2C[C@H](CNCCc3cccc4ccccc34)Oc3ccccc32)c(F)c1. The van der Waals surface area contributed by atoms with E-state index in [-0.39, 0.29) is 30.0 Å². The highest BCUT2D eigenvalue weighted by molar-refractivity contribution is 5.87. The highest BCUT2D eigenvalue weighted by Gasteiger charge is 2.31. The third-order valence-corrected chi connectivity index (χ3v) is 6.53. The average molecular weight is 492 g/mol. The lowest BCUT2D eigenvalue weighted by Crippen LogP contribution is -2.36. The van der Waals surface area contributed by atoms with Crippen LogP contribution in [-0.2, 0) is 6.42 Å². The van der Waals surface area contributed by atoms with E-state index in [1.807, 2.05) is 24.3 Å². The molecule has 35 heavy (non-hydrogen) atoms. The summed E-state index contributed by atoms with van der Waals surface area (Å²) in [6.45, 7) is 1.45. The predicted molar refractivity (Wildman–Crippen MR) is 138 cm³/mol. The molecule has 0 radical (unpaired) electrons. The average Bonchev–Trinajstić information content (AvgIpc) is 2.86. The number of carbonyl (C=O) groups is 1. The van der Waals surface area contributed by atoms with Crippen molar-refractivity contribution in [2.24, 2.45) is 0 Å². The minimum Gasteiger partial charge on any atom is -0.489 e. The second-order valence-electron chi connectivity index (χ2n) is 8.70. The van der Waals surface area contributed by atoms with Crippen LogP contribution in [0.2, 0.25) is 0 Å². The number of benzene rings is 4. The molecular formula is C29H27ClFNO3. The maximum absolute atomic E-state index is 14.9. The molecule has 0 bridgehead atoms. The molecule has 5 rings (SSSR count). The normalized spacial score (nSPS) is 16.7. The molecule has 1 aliphatic heterocycles. The zero-order chi connectivity index (χ0) is 23.5. The van der Waals surface area contributed by atoms with Gasteiger partial charge in [0.15, 0.2) is 0 Å². The smallest absolute Gasteiger partial charge is 0.335 e. The molecule has 0 unspecified atom stereocenters. The Morgan fingerprint density at radius 3 is 2.57 bits per heavy atom. The number of carboxylic acids is 1. The highest BCUT2D eigenvalue weighted by Crippen LogP contribution is 2.41. The number of para-hydroxylation sites is 1. The van der Waals surface area contributed by atoms with Crippen LogP contribution in [0.15, 0.2) is 84.9 Å². The minimum atomic E-state index is -1.13. The van der Waals surface area contributed by atoms with Crippen molar-refractivity contribution in [1.29, 1.82) is 0 Å². The largest absolute Gasteiger partial charge is 0.489 e. The number of fused-ring (bicyclic) bond motifs is 2. The van der Waals surface area contributed by atoms with Crippen LogP contribution in [-0.4, -0.2) is 30.3 Å². The Kier molecular flexibility index (Phi) is 7.69. The molecular weight excluding hydrogens is 465 g/mol. The zero-order valence-electron chi connectivity index (χ0n) is 19.1. The van der Waals surface area contributed by atoms with Crippen LogP contribution in [0, 0.1) is 5.82 Å². The van der Waals surface area contributed by atoms with Gasteiger partial charge in [-0.3, -0.25) is 0 Å². The lowest BCUT2D eigenvalue weighted by atomic mass is 9.83. The monoisotopic (exact) mass is 491 g/mol. The van der Waals surface area contributed by atoms with Crippen molar-refractivity contribution in [2.45, 2.75) is 24.9 Å². The summed E-state index contributed by atoms with van der Waals surface area (Å²) >= 11 is 0. The first-order chi connectivity index (χ1) is 16.6. The van der Waals surface area contributed by atoms with Gasteiger partial charge in [-0.25, -0.2) is 9.18 Å². The van der Waals surface area contributed by atoms with Crippen molar-refractivity contribution in [3.05, 3.63) is 113 Å². The lowest BCUT2D eigenvalue weighted by Gasteiger charge is -2.33. The van der Waals surface area contributed by atoms with E-state index in [0.29, 0.717) is 18.5 Å². The molecule has 0 amide bonds. The molecule has 2 N–H and O–H groups in total. The van der Waals surface area contributed by atoms with Gasteiger partial charge in [0.1, 0.15) is 17.7 Å². The Balaban J connectivity index is 0.00000289. The van der Waals surface area contributed by atoms with Crippen LogP contribution in [0.3, 0.4) is 0 Å². The first-order valence-corrected chi connectivity index (χ1v) is 11.6. The summed E-state index contributed by atoms with van der Waals surface area (Å²) in [6.07, 6.45) is 1.40. The third-order valence-electron chi connectivity index (χ3n) is 6.53. The van der Waals surface area contributed by atoms with E-state index in [0.717, 1.165) is 30.3 Å². The van der Waals surface area contributed by atoms with Crippen LogP contribution in [0.5, 0.6) is 5.75 Å². The predicted octanol–water partition coefficient (Wildman–Crippen LogP) is 6.21. The van der Waals surface area contributed by atoms with Crippen LogP contribution in [0.1, 0.15) is 39.4 Å². The van der Waals surface area contributed by atoms with Crippen molar-refractivity contribution in [3.8, 4) is 5.75 Å². The molecule has 0 aromatic heterocycles. The Labute approximate surface area is 210 Å². The van der Waals surface area contributed by atoms with Gasteiger partial charge in [-0.2, -0.15) is 0 Å². The van der Waals surface area contributed by atoms with E-state index in [2.05, 4.69) is 47.8 Å². The number of carboxylic acid groups (broad SMARTS) is 1. The maximum Gasteiger partial charge on any atom is 0.335 e. The Hall–Kier alpha value is -3.41. The fourth-order valence-electron chi connectivity index (χ4n) is 4.85. The number of ether oxygens (including phenoxy) is 1. The molecule has 0 saturated carbocycles. The molecule has 180 valence electrons. The molecule has 0 spiro atoms. The van der Waals surface area contributed by atoms with E-state index in [9.17, 15) is 14.3 Å². The molecule has 1 heterocycles. The Bertz CT molecular complexity index is 1340. The molecule has 2 atom stereocenters. The van der Waals surface area contributed by atoms with Crippen molar-refractivity contribution in [3.63, 3.8) is 0 Å². The van der Waals surface area contributed by atoms with Gasteiger partial charge in [0.05, 0.1) is 5.56 Å². The highest BCUT2D eigenvalue weighted by atomic mass is 35.5. The number of rotatable bonds is 7. The maximum atomic E-state index is 14.9. The van der Waals surface area contributed by atoms with E-state index in [4.69, 9.17) is 4.74 Å². The number of hydrogen-bond donors (Lipinski definition) is 2. The van der Waals surface area contributed by atoms with Crippen molar-refractivity contribution in [2.75, 3.05) is 13.1 Å². The first kappa shape index (κ1) is 24.7. The Morgan fingerprint density at radius 2 is 1.74 bits per heavy atom.